The number of ether oxygens (including phenoxy) is 1. The van der Waals surface area contributed by atoms with Gasteiger partial charge in [0, 0.05) is 18.6 Å². The highest BCUT2D eigenvalue weighted by molar-refractivity contribution is 7.54. The van der Waals surface area contributed by atoms with Crippen molar-refractivity contribution in [3.05, 3.63) is 59.5 Å². The monoisotopic (exact) mass is 433 g/mol. The zero-order chi connectivity index (χ0) is 21.7. The highest BCUT2D eigenvalue weighted by Crippen LogP contribution is 2.48. The minimum atomic E-state index is -1.35. The van der Waals surface area contributed by atoms with Crippen molar-refractivity contribution in [3.8, 4) is 11.5 Å². The summed E-state index contributed by atoms with van der Waals surface area (Å²) >= 11 is 0. The Morgan fingerprint density at radius 3 is 2.71 bits per heavy atom. The van der Waals surface area contributed by atoms with Gasteiger partial charge in [-0.3, -0.25) is 4.98 Å². The van der Waals surface area contributed by atoms with Crippen LogP contribution in [0.25, 0.3) is 10.2 Å². The Kier molecular flexibility index (Phi) is 4.29. The number of thiophene rings is 1. The Balaban J connectivity index is 1.71. The maximum absolute atomic E-state index is 13.1. The van der Waals surface area contributed by atoms with E-state index in [4.69, 9.17) is 4.74 Å². The van der Waals surface area contributed by atoms with Gasteiger partial charge in [0.2, 0.25) is 0 Å². The molecule has 4 aromatic rings. The van der Waals surface area contributed by atoms with Crippen LogP contribution in [0.5, 0.6) is 11.5 Å². The van der Waals surface area contributed by atoms with Gasteiger partial charge in [-0.25, -0.2) is 19.7 Å². The zero-order valence-electron chi connectivity index (χ0n) is 16.4. The molecule has 2 amide bonds. The van der Waals surface area contributed by atoms with Crippen LogP contribution in [0.3, 0.4) is 0 Å². The lowest BCUT2D eigenvalue weighted by molar-refractivity contribution is -0.233. The summed E-state index contributed by atoms with van der Waals surface area (Å²) in [4.78, 5) is 39.3. The second-order valence-corrected chi connectivity index (χ2v) is 8.50. The first-order chi connectivity index (χ1) is 15.0. The van der Waals surface area contributed by atoms with Crippen molar-refractivity contribution >= 4 is 49.2 Å². The number of urea groups is 1. The van der Waals surface area contributed by atoms with Crippen LogP contribution in [-0.2, 0) is 0 Å². The highest BCUT2D eigenvalue weighted by Gasteiger charge is 2.36. The lowest BCUT2D eigenvalue weighted by atomic mass is 10.1. The van der Waals surface area contributed by atoms with Gasteiger partial charge in [0.05, 0.1) is 21.9 Å². The molecule has 154 valence electrons. The quantitative estimate of drug-likeness (QED) is 0.482. The van der Waals surface area contributed by atoms with Crippen LogP contribution in [0.2, 0.25) is 0 Å². The predicted octanol–water partition coefficient (Wildman–Crippen LogP) is 4.06. The third kappa shape index (κ3) is 2.96. The van der Waals surface area contributed by atoms with Crippen LogP contribution in [0, 0.1) is 13.8 Å². The summed E-state index contributed by atoms with van der Waals surface area (Å²) in [5.41, 5.74) is 2.34. The molecule has 0 aliphatic carbocycles. The molecule has 10 heteroatoms. The summed E-state index contributed by atoms with van der Waals surface area (Å²) in [5, 5.41) is 15.1. The number of carbonyl (C=O) groups is 2. The van der Waals surface area contributed by atoms with Crippen LogP contribution < -0.4 is 20.1 Å². The molecule has 0 saturated heterocycles. The highest BCUT2D eigenvalue weighted by atomic mass is 32.2. The number of hydrogen-bond acceptors (Lipinski definition) is 7. The van der Waals surface area contributed by atoms with E-state index in [2.05, 4.69) is 20.3 Å². The van der Waals surface area contributed by atoms with Crippen LogP contribution in [0.15, 0.2) is 48.2 Å². The first-order valence-electron chi connectivity index (χ1n) is 9.27. The van der Waals surface area contributed by atoms with Crippen molar-refractivity contribution in [3.63, 3.8) is 0 Å². The molecule has 5 rings (SSSR count). The number of carboxylic acid groups (broad SMARTS) is 1. The van der Waals surface area contributed by atoms with E-state index in [0.717, 1.165) is 5.56 Å². The van der Waals surface area contributed by atoms with Crippen molar-refractivity contribution in [2.75, 3.05) is 10.2 Å². The number of carbonyl (C=O) groups excluding carboxylic acids is 2. The van der Waals surface area contributed by atoms with Gasteiger partial charge >= 0.3 is 11.3 Å². The molecular formula is C21H15N5O4S. The Bertz CT molecular complexity index is 1380. The van der Waals surface area contributed by atoms with Gasteiger partial charge in [-0.05, 0) is 43.7 Å². The van der Waals surface area contributed by atoms with Gasteiger partial charge in [-0.2, -0.15) is 0 Å². The lowest BCUT2D eigenvalue weighted by Gasteiger charge is -2.28. The molecule has 0 spiro atoms. The number of amides is 2. The van der Waals surface area contributed by atoms with Crippen molar-refractivity contribution < 1.29 is 19.4 Å². The number of nitrogens with zero attached hydrogens (tertiary/aromatic N) is 4. The van der Waals surface area contributed by atoms with E-state index in [1.807, 2.05) is 13.8 Å². The topological polar surface area (TPSA) is 120 Å². The normalized spacial score (nSPS) is 13.3. The van der Waals surface area contributed by atoms with Gasteiger partial charge < -0.3 is 20.0 Å². The molecule has 4 aromatic heterocycles. The molecule has 0 radical (unpaired) electrons. The number of anilines is 3. The fraction of sp³-hybridized carbons (Fsp3) is 0.0952. The number of aromatic nitrogens is 3. The van der Waals surface area contributed by atoms with Crippen LogP contribution in [-0.4, -0.2) is 26.3 Å². The summed E-state index contributed by atoms with van der Waals surface area (Å²) in [7, 11) is -1.35. The van der Waals surface area contributed by atoms with Crippen molar-refractivity contribution in [2.45, 2.75) is 13.8 Å². The smallest absolute Gasteiger partial charge is 0.332 e. The molecule has 1 unspecified atom stereocenters. The van der Waals surface area contributed by atoms with Crippen LogP contribution in [0.1, 0.15) is 11.3 Å². The van der Waals surface area contributed by atoms with Crippen molar-refractivity contribution in [1.29, 1.82) is 0 Å². The van der Waals surface area contributed by atoms with Crippen molar-refractivity contribution in [2.24, 2.45) is 0 Å². The summed E-state index contributed by atoms with van der Waals surface area (Å²) in [6.45, 7) is 3.67. The summed E-state index contributed by atoms with van der Waals surface area (Å²) < 4.78 is 6.14. The molecule has 31 heavy (non-hydrogen) atoms. The molecule has 1 aliphatic rings. The summed E-state index contributed by atoms with van der Waals surface area (Å²) in [6, 6.07) is 6.49. The summed E-state index contributed by atoms with van der Waals surface area (Å²) in [5.74, 6) is 1.20. The molecule has 1 atom stereocenters. The minimum Gasteiger partial charge on any atom is -0.500 e. The average molecular weight is 433 g/mol. The number of hydrogen-bond donors (Lipinski definition) is 1. The number of nitrogens with one attached hydrogen (secondary N) is 1. The van der Waals surface area contributed by atoms with Crippen LogP contribution in [0.4, 0.5) is 26.8 Å². The molecule has 0 bridgehead atoms. The lowest BCUT2D eigenvalue weighted by Crippen LogP contribution is -2.34. The van der Waals surface area contributed by atoms with E-state index in [0.29, 0.717) is 38.8 Å². The molecule has 0 saturated carbocycles. The fourth-order valence-corrected chi connectivity index (χ4v) is 4.87. The first-order valence-corrected chi connectivity index (χ1v) is 10.6. The maximum atomic E-state index is 13.1. The molecule has 5 heterocycles. The van der Waals surface area contributed by atoms with Gasteiger partial charge in [0.15, 0.2) is 16.9 Å². The standard InChI is InChI=1S/C21H15N5O4S/c1-11-5-8-23-18(17(11)30-15-4-3-7-22-12(15)2)26-14-6-9-24-19-16(14)13(25-20(26)27)10-31(19)21(28)29/h3-10H,1-2H3,(H-,25,27,28,29). The fourth-order valence-electron chi connectivity index (χ4n) is 3.48. The van der Waals surface area contributed by atoms with Crippen molar-refractivity contribution in [1.82, 2.24) is 15.0 Å². The Hall–Kier alpha value is -4.05. The first kappa shape index (κ1) is 18.9. The molecule has 9 nitrogen and oxygen atoms in total. The number of pyridine rings is 3. The van der Waals surface area contributed by atoms with E-state index in [1.54, 1.807) is 36.7 Å². The van der Waals surface area contributed by atoms with Gasteiger partial charge in [0.25, 0.3) is 4.83 Å². The largest absolute Gasteiger partial charge is 0.500 e. The van der Waals surface area contributed by atoms with Gasteiger partial charge in [-0.15, -0.1) is 0 Å². The molecular weight excluding hydrogens is 418 g/mol. The second-order valence-electron chi connectivity index (χ2n) is 6.86. The number of aryl methyl sites for hydroxylation is 2. The van der Waals surface area contributed by atoms with E-state index in [1.165, 1.54) is 16.5 Å². The van der Waals surface area contributed by atoms with Crippen LogP contribution >= 0.6 is 10.5 Å². The summed E-state index contributed by atoms with van der Waals surface area (Å²) in [6.07, 6.45) is 4.72. The third-order valence-electron chi connectivity index (χ3n) is 4.94. The predicted molar refractivity (Wildman–Crippen MR) is 114 cm³/mol. The Morgan fingerprint density at radius 1 is 1.13 bits per heavy atom. The third-order valence-corrected chi connectivity index (χ3v) is 6.49. The molecule has 0 aromatic carbocycles. The Morgan fingerprint density at radius 2 is 1.94 bits per heavy atom. The van der Waals surface area contributed by atoms with E-state index >= 15 is 0 Å². The van der Waals surface area contributed by atoms with Gasteiger partial charge in [-0.1, -0.05) is 0 Å². The average Bonchev–Trinajstić information content (AvgIpc) is 3.11. The Labute approximate surface area is 178 Å². The van der Waals surface area contributed by atoms with E-state index in [9.17, 15) is 14.7 Å². The number of rotatable bonds is 4. The second kappa shape index (κ2) is 7.03. The molecule has 1 N–H and O–H groups in total. The van der Waals surface area contributed by atoms with Gasteiger partial charge in [0.1, 0.15) is 16.8 Å². The van der Waals surface area contributed by atoms with E-state index in [-0.39, 0.29) is 5.82 Å². The SMILES string of the molecule is Cc1ccnc(N2C(=O)Nc3c[s+](C(=O)[O-])c4nccc2c34)c1Oc1cccnc1C. The zero-order valence-corrected chi connectivity index (χ0v) is 17.3. The molecule has 1 aliphatic heterocycles. The molecule has 0 fully saturated rings. The maximum Gasteiger partial charge on any atom is 0.332 e. The van der Waals surface area contributed by atoms with E-state index < -0.39 is 21.8 Å². The minimum absolute atomic E-state index is 0.272.